The number of ether oxygens (including phenoxy) is 1. The molecule has 1 unspecified atom stereocenters. The number of hydrogen-bond acceptors (Lipinski definition) is 5. The molecule has 1 atom stereocenters. The zero-order valence-corrected chi connectivity index (χ0v) is 14.1. The Hall–Kier alpha value is -2.79. The quantitative estimate of drug-likeness (QED) is 0.801. The molecule has 8 heteroatoms. The molecule has 0 aliphatic carbocycles. The SMILES string of the molecule is CC1=C(C#N)C(c2ccc(C(F)(F)F)cc2)C(C(=O)OCCO)=C(C)N1. The average Bonchev–Trinajstić information content (AvgIpc) is 2.58. The molecule has 26 heavy (non-hydrogen) atoms. The first-order chi connectivity index (χ1) is 12.2. The van der Waals surface area contributed by atoms with E-state index in [0.29, 0.717) is 17.0 Å². The molecule has 138 valence electrons. The van der Waals surface area contributed by atoms with Crippen molar-refractivity contribution < 1.29 is 27.8 Å². The maximum Gasteiger partial charge on any atom is 0.416 e. The molecule has 1 aromatic rings. The molecule has 5 nitrogen and oxygen atoms in total. The van der Waals surface area contributed by atoms with E-state index in [9.17, 15) is 23.2 Å². The van der Waals surface area contributed by atoms with Crippen LogP contribution in [-0.4, -0.2) is 24.3 Å². The summed E-state index contributed by atoms with van der Waals surface area (Å²) in [5.41, 5.74) is 0.833. The second-order valence-corrected chi connectivity index (χ2v) is 5.73. The summed E-state index contributed by atoms with van der Waals surface area (Å²) < 4.78 is 43.3. The molecule has 0 bridgehead atoms. The van der Waals surface area contributed by atoms with E-state index in [4.69, 9.17) is 9.84 Å². The molecule has 0 saturated carbocycles. The van der Waals surface area contributed by atoms with Gasteiger partial charge in [-0.05, 0) is 31.5 Å². The van der Waals surface area contributed by atoms with Gasteiger partial charge in [0.15, 0.2) is 0 Å². The van der Waals surface area contributed by atoms with E-state index < -0.39 is 23.6 Å². The van der Waals surface area contributed by atoms with Crippen LogP contribution in [0, 0.1) is 11.3 Å². The first-order valence-corrected chi connectivity index (χ1v) is 7.74. The number of alkyl halides is 3. The Bertz CT molecular complexity index is 802. The van der Waals surface area contributed by atoms with Crippen LogP contribution >= 0.6 is 0 Å². The Kier molecular flexibility index (Phi) is 5.73. The third kappa shape index (κ3) is 3.89. The molecule has 0 spiro atoms. The molecule has 1 aliphatic heterocycles. The average molecular weight is 366 g/mol. The molecule has 0 aromatic heterocycles. The smallest absolute Gasteiger partial charge is 0.416 e. The molecule has 2 rings (SSSR count). The van der Waals surface area contributed by atoms with Gasteiger partial charge < -0.3 is 15.2 Å². The number of esters is 1. The minimum atomic E-state index is -4.48. The van der Waals surface area contributed by atoms with Crippen LogP contribution < -0.4 is 5.32 Å². The van der Waals surface area contributed by atoms with Gasteiger partial charge in [-0.3, -0.25) is 0 Å². The first kappa shape index (κ1) is 19.5. The number of allylic oxidation sites excluding steroid dienone is 3. The zero-order valence-electron chi connectivity index (χ0n) is 14.1. The van der Waals surface area contributed by atoms with Crippen LogP contribution in [0.1, 0.15) is 30.9 Å². The van der Waals surface area contributed by atoms with Gasteiger partial charge in [-0.2, -0.15) is 18.4 Å². The van der Waals surface area contributed by atoms with E-state index in [1.165, 1.54) is 12.1 Å². The third-order valence-corrected chi connectivity index (χ3v) is 4.00. The highest BCUT2D eigenvalue weighted by atomic mass is 19.4. The third-order valence-electron chi connectivity index (χ3n) is 4.00. The molecule has 1 heterocycles. The fraction of sp³-hybridized carbons (Fsp3) is 0.333. The van der Waals surface area contributed by atoms with Gasteiger partial charge in [0.05, 0.1) is 35.3 Å². The summed E-state index contributed by atoms with van der Waals surface area (Å²) >= 11 is 0. The number of halogens is 3. The second kappa shape index (κ2) is 7.62. The number of carbonyl (C=O) groups is 1. The van der Waals surface area contributed by atoms with E-state index in [1.54, 1.807) is 13.8 Å². The molecular formula is C18H17F3N2O3. The van der Waals surface area contributed by atoms with Gasteiger partial charge in [0, 0.05) is 11.4 Å². The summed E-state index contributed by atoms with van der Waals surface area (Å²) in [6.07, 6.45) is -4.48. The van der Waals surface area contributed by atoms with Crippen LogP contribution in [-0.2, 0) is 15.7 Å². The van der Waals surface area contributed by atoms with Crippen molar-refractivity contribution in [2.45, 2.75) is 25.9 Å². The minimum absolute atomic E-state index is 0.125. The van der Waals surface area contributed by atoms with Crippen LogP contribution in [0.4, 0.5) is 13.2 Å². The number of rotatable bonds is 4. The van der Waals surface area contributed by atoms with Crippen molar-refractivity contribution in [1.82, 2.24) is 5.32 Å². The highest BCUT2D eigenvalue weighted by Crippen LogP contribution is 2.39. The van der Waals surface area contributed by atoms with Crippen LogP contribution in [0.15, 0.2) is 46.8 Å². The van der Waals surface area contributed by atoms with Crippen molar-refractivity contribution in [3.05, 3.63) is 57.9 Å². The van der Waals surface area contributed by atoms with Gasteiger partial charge in [-0.25, -0.2) is 4.79 Å². The first-order valence-electron chi connectivity index (χ1n) is 7.74. The van der Waals surface area contributed by atoms with E-state index in [1.807, 2.05) is 6.07 Å². The molecular weight excluding hydrogens is 349 g/mol. The minimum Gasteiger partial charge on any atom is -0.460 e. The number of aliphatic hydroxyl groups excluding tert-OH is 1. The van der Waals surface area contributed by atoms with Crippen LogP contribution in [0.3, 0.4) is 0 Å². The van der Waals surface area contributed by atoms with Gasteiger partial charge >= 0.3 is 12.1 Å². The monoisotopic (exact) mass is 366 g/mol. The number of nitrogens with zero attached hydrogens (tertiary/aromatic N) is 1. The highest BCUT2D eigenvalue weighted by molar-refractivity contribution is 5.93. The second-order valence-electron chi connectivity index (χ2n) is 5.73. The molecule has 0 radical (unpaired) electrons. The predicted octanol–water partition coefficient (Wildman–Crippen LogP) is 3.00. The standard InChI is InChI=1S/C18H17F3N2O3/c1-10-14(9-22)16(12-3-5-13(6-4-12)18(19,20)21)15(11(2)23-10)17(25)26-8-7-24/h3-6,16,23-24H,7-8H2,1-2H3. The Balaban J connectivity index is 2.52. The lowest BCUT2D eigenvalue weighted by Crippen LogP contribution is -2.29. The van der Waals surface area contributed by atoms with Gasteiger partial charge in [0.2, 0.25) is 0 Å². The molecule has 2 N–H and O–H groups in total. The Labute approximate surface area is 148 Å². The Morgan fingerprint density at radius 1 is 1.27 bits per heavy atom. The molecule has 0 saturated heterocycles. The van der Waals surface area contributed by atoms with Crippen molar-refractivity contribution in [3.8, 4) is 6.07 Å². The zero-order chi connectivity index (χ0) is 19.5. The predicted molar refractivity (Wildman–Crippen MR) is 86.4 cm³/mol. The van der Waals surface area contributed by atoms with Crippen molar-refractivity contribution in [2.75, 3.05) is 13.2 Å². The lowest BCUT2D eigenvalue weighted by molar-refractivity contribution is -0.140. The van der Waals surface area contributed by atoms with E-state index in [-0.39, 0.29) is 24.4 Å². The summed E-state index contributed by atoms with van der Waals surface area (Å²) in [6.45, 7) is 2.68. The fourth-order valence-corrected chi connectivity index (χ4v) is 2.83. The topological polar surface area (TPSA) is 82.4 Å². The Morgan fingerprint density at radius 3 is 2.38 bits per heavy atom. The van der Waals surface area contributed by atoms with Crippen LogP contribution in [0.5, 0.6) is 0 Å². The number of carbonyl (C=O) groups excluding carboxylic acids is 1. The molecule has 1 aromatic carbocycles. The van der Waals surface area contributed by atoms with Gasteiger partial charge in [0.25, 0.3) is 0 Å². The lowest BCUT2D eigenvalue weighted by Gasteiger charge is -2.28. The Morgan fingerprint density at radius 2 is 1.88 bits per heavy atom. The van der Waals surface area contributed by atoms with Crippen molar-refractivity contribution >= 4 is 5.97 Å². The summed E-state index contributed by atoms with van der Waals surface area (Å²) in [7, 11) is 0. The van der Waals surface area contributed by atoms with Crippen LogP contribution in [0.25, 0.3) is 0 Å². The fourth-order valence-electron chi connectivity index (χ4n) is 2.83. The van der Waals surface area contributed by atoms with Crippen molar-refractivity contribution in [3.63, 3.8) is 0 Å². The molecule has 0 amide bonds. The maximum atomic E-state index is 12.8. The largest absolute Gasteiger partial charge is 0.460 e. The maximum absolute atomic E-state index is 12.8. The highest BCUT2D eigenvalue weighted by Gasteiger charge is 2.35. The number of hydrogen-bond donors (Lipinski definition) is 2. The number of nitrogens with one attached hydrogen (secondary N) is 1. The lowest BCUT2D eigenvalue weighted by atomic mass is 9.81. The summed E-state index contributed by atoms with van der Waals surface area (Å²) in [4.78, 5) is 12.4. The van der Waals surface area contributed by atoms with Crippen molar-refractivity contribution in [1.29, 1.82) is 5.26 Å². The molecule has 1 aliphatic rings. The van der Waals surface area contributed by atoms with Gasteiger partial charge in [-0.15, -0.1) is 0 Å². The van der Waals surface area contributed by atoms with E-state index >= 15 is 0 Å². The number of aliphatic hydroxyl groups is 1. The van der Waals surface area contributed by atoms with Crippen LogP contribution in [0.2, 0.25) is 0 Å². The summed E-state index contributed by atoms with van der Waals surface area (Å²) in [5, 5.41) is 21.2. The number of nitriles is 1. The number of dihydropyridines is 1. The van der Waals surface area contributed by atoms with E-state index in [2.05, 4.69) is 5.32 Å². The van der Waals surface area contributed by atoms with Crippen molar-refractivity contribution in [2.24, 2.45) is 0 Å². The summed E-state index contributed by atoms with van der Waals surface area (Å²) in [6, 6.07) is 6.33. The van der Waals surface area contributed by atoms with E-state index in [0.717, 1.165) is 12.1 Å². The number of benzene rings is 1. The summed E-state index contributed by atoms with van der Waals surface area (Å²) in [5.74, 6) is -1.59. The van der Waals surface area contributed by atoms with Gasteiger partial charge in [-0.1, -0.05) is 12.1 Å². The normalized spacial score (nSPS) is 17.7. The molecule has 0 fully saturated rings. The van der Waals surface area contributed by atoms with Gasteiger partial charge in [0.1, 0.15) is 6.61 Å².